The molecule has 0 radical (unpaired) electrons. The van der Waals surface area contributed by atoms with Gasteiger partial charge < -0.3 is 5.32 Å². The van der Waals surface area contributed by atoms with E-state index >= 15 is 0 Å². The summed E-state index contributed by atoms with van der Waals surface area (Å²) in [5.41, 5.74) is 0.491. The molecule has 1 N–H and O–H groups in total. The van der Waals surface area contributed by atoms with E-state index in [0.29, 0.717) is 35.1 Å². The maximum Gasteiger partial charge on any atom is 0.243 e. The molecular formula is C18H17BrCl2N2O3S. The number of amides is 1. The summed E-state index contributed by atoms with van der Waals surface area (Å²) >= 11 is 15.2. The van der Waals surface area contributed by atoms with Gasteiger partial charge in [0.25, 0.3) is 0 Å². The van der Waals surface area contributed by atoms with Gasteiger partial charge in [0, 0.05) is 33.3 Å². The van der Waals surface area contributed by atoms with Crippen LogP contribution in [-0.4, -0.2) is 31.7 Å². The van der Waals surface area contributed by atoms with Crippen LogP contribution in [0, 0.1) is 5.92 Å². The summed E-state index contributed by atoms with van der Waals surface area (Å²) in [6, 6.07) is 11.3. The van der Waals surface area contributed by atoms with Gasteiger partial charge in [-0.2, -0.15) is 4.31 Å². The minimum Gasteiger partial charge on any atom is -0.326 e. The number of benzene rings is 2. The van der Waals surface area contributed by atoms with E-state index in [-0.39, 0.29) is 17.3 Å². The molecule has 144 valence electrons. The number of carbonyl (C=O) groups excluding carboxylic acids is 1. The van der Waals surface area contributed by atoms with Crippen LogP contribution in [-0.2, 0) is 14.8 Å². The first kappa shape index (κ1) is 20.6. The highest BCUT2D eigenvalue weighted by atomic mass is 79.9. The third kappa shape index (κ3) is 5.03. The van der Waals surface area contributed by atoms with Crippen molar-refractivity contribution in [3.63, 3.8) is 0 Å². The number of piperidine rings is 1. The van der Waals surface area contributed by atoms with E-state index in [1.54, 1.807) is 42.5 Å². The van der Waals surface area contributed by atoms with E-state index in [1.165, 1.54) is 4.31 Å². The molecule has 0 aliphatic carbocycles. The van der Waals surface area contributed by atoms with Crippen molar-refractivity contribution in [2.75, 3.05) is 18.4 Å². The summed E-state index contributed by atoms with van der Waals surface area (Å²) < 4.78 is 27.9. The zero-order valence-electron chi connectivity index (χ0n) is 14.2. The molecule has 27 heavy (non-hydrogen) atoms. The Kier molecular flexibility index (Phi) is 6.48. The van der Waals surface area contributed by atoms with Gasteiger partial charge in [-0.1, -0.05) is 39.1 Å². The first-order valence-corrected chi connectivity index (χ1v) is 11.3. The Bertz CT molecular complexity index is 931. The molecule has 0 unspecified atom stereocenters. The lowest BCUT2D eigenvalue weighted by atomic mass is 9.99. The van der Waals surface area contributed by atoms with Crippen LogP contribution < -0.4 is 5.32 Å². The van der Waals surface area contributed by atoms with Crippen molar-refractivity contribution in [2.24, 2.45) is 5.92 Å². The van der Waals surface area contributed by atoms with Crippen LogP contribution in [0.2, 0.25) is 10.0 Å². The Morgan fingerprint density at radius 3 is 2.37 bits per heavy atom. The van der Waals surface area contributed by atoms with Crippen molar-refractivity contribution in [1.82, 2.24) is 4.31 Å². The molecule has 1 saturated heterocycles. The van der Waals surface area contributed by atoms with Gasteiger partial charge >= 0.3 is 0 Å². The van der Waals surface area contributed by atoms with Crippen LogP contribution in [0.3, 0.4) is 0 Å². The van der Waals surface area contributed by atoms with Crippen molar-refractivity contribution >= 4 is 60.7 Å². The summed E-state index contributed by atoms with van der Waals surface area (Å²) in [7, 11) is -3.64. The molecule has 9 heteroatoms. The van der Waals surface area contributed by atoms with Crippen LogP contribution in [0.15, 0.2) is 51.8 Å². The number of nitrogens with one attached hydrogen (secondary N) is 1. The third-order valence-electron chi connectivity index (χ3n) is 4.34. The lowest BCUT2D eigenvalue weighted by Gasteiger charge is -2.31. The Balaban J connectivity index is 1.73. The Hall–Kier alpha value is -1.12. The van der Waals surface area contributed by atoms with Crippen molar-refractivity contribution in [3.05, 3.63) is 57.0 Å². The number of sulfonamides is 1. The highest BCUT2D eigenvalue weighted by molar-refractivity contribution is 9.10. The molecule has 1 heterocycles. The quantitative estimate of drug-likeness (QED) is 0.668. The minimum atomic E-state index is -3.64. The molecule has 2 aromatic rings. The van der Waals surface area contributed by atoms with Gasteiger partial charge in [-0.05, 0) is 55.3 Å². The van der Waals surface area contributed by atoms with Gasteiger partial charge in [0.05, 0.1) is 10.8 Å². The minimum absolute atomic E-state index is 0.137. The van der Waals surface area contributed by atoms with Gasteiger partial charge in [-0.15, -0.1) is 0 Å². The lowest BCUT2D eigenvalue weighted by Crippen LogP contribution is -2.43. The predicted molar refractivity (Wildman–Crippen MR) is 111 cm³/mol. The van der Waals surface area contributed by atoms with Gasteiger partial charge in [0.1, 0.15) is 0 Å². The molecule has 2 aromatic carbocycles. The number of hydrogen-bond donors (Lipinski definition) is 1. The Morgan fingerprint density at radius 1 is 1.11 bits per heavy atom. The number of carbonyl (C=O) groups is 1. The smallest absolute Gasteiger partial charge is 0.243 e. The second-order valence-corrected chi connectivity index (χ2v) is 10.0. The molecule has 1 aliphatic rings. The van der Waals surface area contributed by atoms with Gasteiger partial charge in [-0.3, -0.25) is 4.79 Å². The zero-order valence-corrected chi connectivity index (χ0v) is 18.1. The molecule has 0 bridgehead atoms. The number of rotatable bonds is 4. The van der Waals surface area contributed by atoms with Crippen LogP contribution in [0.5, 0.6) is 0 Å². The summed E-state index contributed by atoms with van der Waals surface area (Å²) in [5, 5.41) is 3.61. The summed E-state index contributed by atoms with van der Waals surface area (Å²) in [6.45, 7) is 0.531. The largest absolute Gasteiger partial charge is 0.326 e. The topological polar surface area (TPSA) is 66.5 Å². The summed E-state index contributed by atoms with van der Waals surface area (Å²) in [4.78, 5) is 12.8. The second-order valence-electron chi connectivity index (χ2n) is 6.30. The fourth-order valence-electron chi connectivity index (χ4n) is 3.00. The van der Waals surface area contributed by atoms with Crippen LogP contribution in [0.1, 0.15) is 12.8 Å². The van der Waals surface area contributed by atoms with Crippen molar-refractivity contribution in [2.45, 2.75) is 17.7 Å². The Labute approximate surface area is 176 Å². The second kappa shape index (κ2) is 8.49. The van der Waals surface area contributed by atoms with Crippen LogP contribution >= 0.6 is 39.1 Å². The maximum atomic E-state index is 12.9. The van der Waals surface area contributed by atoms with Crippen molar-refractivity contribution in [1.29, 1.82) is 0 Å². The highest BCUT2D eigenvalue weighted by Crippen LogP contribution is 2.27. The van der Waals surface area contributed by atoms with Crippen LogP contribution in [0.25, 0.3) is 0 Å². The van der Waals surface area contributed by atoms with E-state index in [9.17, 15) is 13.2 Å². The zero-order chi connectivity index (χ0) is 19.6. The van der Waals surface area contributed by atoms with Gasteiger partial charge in [0.15, 0.2) is 0 Å². The fourth-order valence-corrected chi connectivity index (χ4v) is 5.31. The molecule has 1 aliphatic heterocycles. The fraction of sp³-hybridized carbons (Fsp3) is 0.278. The Morgan fingerprint density at radius 2 is 1.74 bits per heavy atom. The molecule has 1 atom stereocenters. The monoisotopic (exact) mass is 490 g/mol. The third-order valence-corrected chi connectivity index (χ3v) is 7.18. The normalized spacial score (nSPS) is 18.3. The average Bonchev–Trinajstić information content (AvgIpc) is 2.61. The molecule has 3 rings (SSSR count). The van der Waals surface area contributed by atoms with E-state index in [1.807, 2.05) is 0 Å². The number of hydrogen-bond acceptors (Lipinski definition) is 3. The number of halogens is 3. The molecule has 0 aromatic heterocycles. The maximum absolute atomic E-state index is 12.9. The molecule has 0 spiro atoms. The van der Waals surface area contributed by atoms with Crippen LogP contribution in [0.4, 0.5) is 5.69 Å². The summed E-state index contributed by atoms with van der Waals surface area (Å²) in [5.74, 6) is -0.689. The number of anilines is 1. The highest BCUT2D eigenvalue weighted by Gasteiger charge is 2.33. The average molecular weight is 492 g/mol. The lowest BCUT2D eigenvalue weighted by molar-refractivity contribution is -0.120. The molecular weight excluding hydrogens is 475 g/mol. The van der Waals surface area contributed by atoms with E-state index in [2.05, 4.69) is 21.2 Å². The molecule has 0 saturated carbocycles. The first-order chi connectivity index (χ1) is 12.8. The van der Waals surface area contributed by atoms with E-state index in [0.717, 1.165) is 4.47 Å². The number of nitrogens with zero attached hydrogens (tertiary/aromatic N) is 1. The van der Waals surface area contributed by atoms with Crippen molar-refractivity contribution in [3.8, 4) is 0 Å². The standard InChI is InChI=1S/C18H17BrCl2N2O3S/c19-13-3-5-17(6-4-13)27(25,26)23-7-1-2-12(11-23)18(24)22-16-9-14(20)8-15(21)10-16/h3-6,8-10,12H,1-2,7,11H2,(H,22,24)/t12-/m1/s1. The molecule has 1 fully saturated rings. The first-order valence-electron chi connectivity index (χ1n) is 8.28. The predicted octanol–water partition coefficient (Wildman–Crippen LogP) is 4.80. The molecule has 1 amide bonds. The van der Waals surface area contributed by atoms with Gasteiger partial charge in [0.2, 0.25) is 15.9 Å². The molecule has 5 nitrogen and oxygen atoms in total. The SMILES string of the molecule is O=C(Nc1cc(Cl)cc(Cl)c1)[C@@H]1CCCN(S(=O)(=O)c2ccc(Br)cc2)C1. The van der Waals surface area contributed by atoms with Gasteiger partial charge in [-0.25, -0.2) is 8.42 Å². The summed E-state index contributed by atoms with van der Waals surface area (Å²) in [6.07, 6.45) is 1.23. The van der Waals surface area contributed by atoms with E-state index < -0.39 is 15.9 Å². The van der Waals surface area contributed by atoms with E-state index in [4.69, 9.17) is 23.2 Å². The van der Waals surface area contributed by atoms with Crippen molar-refractivity contribution < 1.29 is 13.2 Å².